The molecule has 4 nitrogen and oxygen atoms in total. The number of aromatic nitrogens is 3. The number of nitrogens with zero attached hydrogens (tertiary/aromatic N) is 3. The zero-order valence-electron chi connectivity index (χ0n) is 8.32. The number of rotatable bonds is 2. The van der Waals surface area contributed by atoms with Crippen LogP contribution in [0.3, 0.4) is 0 Å². The fourth-order valence-corrected chi connectivity index (χ4v) is 1.92. The van der Waals surface area contributed by atoms with Crippen molar-refractivity contribution in [1.29, 1.82) is 0 Å². The summed E-state index contributed by atoms with van der Waals surface area (Å²) in [6.45, 7) is 0. The summed E-state index contributed by atoms with van der Waals surface area (Å²) in [6, 6.07) is 1.49. The molecule has 2 aromatic heterocycles. The second-order valence-electron chi connectivity index (χ2n) is 3.17. The number of aryl methyl sites for hydroxylation is 1. The van der Waals surface area contributed by atoms with Crippen molar-refractivity contribution in [2.24, 2.45) is 7.05 Å². The van der Waals surface area contributed by atoms with Gasteiger partial charge in [0, 0.05) is 18.8 Å². The summed E-state index contributed by atoms with van der Waals surface area (Å²) >= 11 is 12.0. The SMILES string of the molecule is Cn1ncc(Cl)c1-c1cnc(C=O)cc1Cl. The molecule has 0 atom stereocenters. The fourth-order valence-electron chi connectivity index (χ4n) is 1.40. The molecule has 2 rings (SSSR count). The molecule has 0 amide bonds. The summed E-state index contributed by atoms with van der Waals surface area (Å²) in [6.07, 6.45) is 3.68. The van der Waals surface area contributed by atoms with Crippen LogP contribution in [0.1, 0.15) is 10.5 Å². The van der Waals surface area contributed by atoms with Crippen LogP contribution in [0.15, 0.2) is 18.5 Å². The van der Waals surface area contributed by atoms with Crippen molar-refractivity contribution < 1.29 is 4.79 Å². The number of carbonyl (C=O) groups is 1. The highest BCUT2D eigenvalue weighted by molar-refractivity contribution is 6.36. The molecule has 0 spiro atoms. The normalized spacial score (nSPS) is 10.4. The molecule has 0 saturated carbocycles. The van der Waals surface area contributed by atoms with Gasteiger partial charge in [-0.3, -0.25) is 14.5 Å². The number of aldehydes is 1. The predicted molar refractivity (Wildman–Crippen MR) is 61.8 cm³/mol. The Labute approximate surface area is 102 Å². The summed E-state index contributed by atoms with van der Waals surface area (Å²) < 4.78 is 1.60. The number of halogens is 2. The minimum atomic E-state index is 0.284. The fraction of sp³-hybridized carbons (Fsp3) is 0.100. The second kappa shape index (κ2) is 4.23. The first-order chi connectivity index (χ1) is 7.63. The molecular weight excluding hydrogens is 249 g/mol. The van der Waals surface area contributed by atoms with E-state index in [4.69, 9.17) is 23.2 Å². The van der Waals surface area contributed by atoms with Gasteiger partial charge in [-0.2, -0.15) is 5.10 Å². The van der Waals surface area contributed by atoms with Crippen molar-refractivity contribution in [3.63, 3.8) is 0 Å². The van der Waals surface area contributed by atoms with Gasteiger partial charge in [-0.25, -0.2) is 0 Å². The van der Waals surface area contributed by atoms with Crippen LogP contribution in [0, 0.1) is 0 Å². The third kappa shape index (κ3) is 1.81. The lowest BCUT2D eigenvalue weighted by Crippen LogP contribution is -1.96. The van der Waals surface area contributed by atoms with Crippen molar-refractivity contribution >= 4 is 29.5 Å². The molecule has 0 aromatic carbocycles. The third-order valence-corrected chi connectivity index (χ3v) is 2.73. The molecule has 6 heteroatoms. The van der Waals surface area contributed by atoms with Crippen LogP contribution in [0.4, 0.5) is 0 Å². The van der Waals surface area contributed by atoms with E-state index in [9.17, 15) is 4.79 Å². The highest BCUT2D eigenvalue weighted by atomic mass is 35.5. The van der Waals surface area contributed by atoms with Crippen molar-refractivity contribution in [2.45, 2.75) is 0 Å². The van der Waals surface area contributed by atoms with Gasteiger partial charge in [0.05, 0.1) is 21.9 Å². The van der Waals surface area contributed by atoms with Crippen molar-refractivity contribution in [3.05, 3.63) is 34.2 Å². The Morgan fingerprint density at radius 3 is 2.56 bits per heavy atom. The summed E-state index contributed by atoms with van der Waals surface area (Å²) in [5.74, 6) is 0. The number of hydrogen-bond donors (Lipinski definition) is 0. The molecule has 0 aliphatic heterocycles. The van der Waals surface area contributed by atoms with Crippen molar-refractivity contribution in [3.8, 4) is 11.3 Å². The molecule has 0 aliphatic rings. The first-order valence-electron chi connectivity index (χ1n) is 4.42. The van der Waals surface area contributed by atoms with E-state index >= 15 is 0 Å². The Balaban J connectivity index is 2.61. The maximum absolute atomic E-state index is 10.5. The summed E-state index contributed by atoms with van der Waals surface area (Å²) in [4.78, 5) is 14.5. The van der Waals surface area contributed by atoms with E-state index in [-0.39, 0.29) is 5.69 Å². The molecule has 0 bridgehead atoms. The predicted octanol–water partition coefficient (Wildman–Crippen LogP) is 2.60. The van der Waals surface area contributed by atoms with Crippen LogP contribution >= 0.6 is 23.2 Å². The van der Waals surface area contributed by atoms with Gasteiger partial charge in [-0.05, 0) is 6.07 Å². The lowest BCUT2D eigenvalue weighted by Gasteiger charge is -2.05. The standard InChI is InChI=1S/C10H7Cl2N3O/c1-15-10(9(12)4-14-15)7-3-13-6(5-16)2-8(7)11/h2-5H,1H3. The van der Waals surface area contributed by atoms with E-state index in [1.807, 2.05) is 0 Å². The van der Waals surface area contributed by atoms with E-state index in [1.165, 1.54) is 18.5 Å². The van der Waals surface area contributed by atoms with E-state index in [0.717, 1.165) is 0 Å². The third-order valence-electron chi connectivity index (χ3n) is 2.14. The highest BCUT2D eigenvalue weighted by Crippen LogP contribution is 2.32. The average Bonchev–Trinajstić information content (AvgIpc) is 2.59. The van der Waals surface area contributed by atoms with Gasteiger partial charge >= 0.3 is 0 Å². The largest absolute Gasteiger partial charge is 0.296 e. The average molecular weight is 256 g/mol. The number of carbonyl (C=O) groups excluding carboxylic acids is 1. The minimum absolute atomic E-state index is 0.284. The Bertz CT molecular complexity index is 531. The molecule has 0 saturated heterocycles. The zero-order chi connectivity index (χ0) is 11.7. The molecule has 2 aromatic rings. The molecular formula is C10H7Cl2N3O. The topological polar surface area (TPSA) is 47.8 Å². The van der Waals surface area contributed by atoms with Crippen LogP contribution < -0.4 is 0 Å². The van der Waals surface area contributed by atoms with Crippen LogP contribution in [-0.2, 0) is 7.05 Å². The molecule has 0 radical (unpaired) electrons. The van der Waals surface area contributed by atoms with E-state index in [1.54, 1.807) is 11.7 Å². The van der Waals surface area contributed by atoms with Crippen LogP contribution in [-0.4, -0.2) is 21.1 Å². The van der Waals surface area contributed by atoms with Gasteiger partial charge < -0.3 is 0 Å². The summed E-state index contributed by atoms with van der Waals surface area (Å²) in [5.41, 5.74) is 1.61. The van der Waals surface area contributed by atoms with Gasteiger partial charge in [-0.15, -0.1) is 0 Å². The Hall–Kier alpha value is -1.39. The Morgan fingerprint density at radius 2 is 2.06 bits per heavy atom. The molecule has 2 heterocycles. The molecule has 16 heavy (non-hydrogen) atoms. The molecule has 0 fully saturated rings. The zero-order valence-corrected chi connectivity index (χ0v) is 9.83. The van der Waals surface area contributed by atoms with Crippen molar-refractivity contribution in [1.82, 2.24) is 14.8 Å². The summed E-state index contributed by atoms with van der Waals surface area (Å²) in [7, 11) is 1.76. The number of hydrogen-bond acceptors (Lipinski definition) is 3. The minimum Gasteiger partial charge on any atom is -0.296 e. The number of pyridine rings is 1. The van der Waals surface area contributed by atoms with E-state index in [2.05, 4.69) is 10.1 Å². The Kier molecular flexibility index (Phi) is 2.94. The molecule has 82 valence electrons. The maximum Gasteiger partial charge on any atom is 0.168 e. The maximum atomic E-state index is 10.5. The van der Waals surface area contributed by atoms with Gasteiger partial charge in [-0.1, -0.05) is 23.2 Å². The van der Waals surface area contributed by atoms with Crippen LogP contribution in [0.2, 0.25) is 10.0 Å². The summed E-state index contributed by atoms with van der Waals surface area (Å²) in [5, 5.41) is 4.91. The quantitative estimate of drug-likeness (QED) is 0.776. The first-order valence-corrected chi connectivity index (χ1v) is 5.17. The van der Waals surface area contributed by atoms with E-state index < -0.39 is 0 Å². The van der Waals surface area contributed by atoms with Gasteiger partial charge in [0.2, 0.25) is 0 Å². The second-order valence-corrected chi connectivity index (χ2v) is 3.99. The van der Waals surface area contributed by atoms with Crippen molar-refractivity contribution in [2.75, 3.05) is 0 Å². The van der Waals surface area contributed by atoms with Crippen LogP contribution in [0.5, 0.6) is 0 Å². The van der Waals surface area contributed by atoms with Crippen LogP contribution in [0.25, 0.3) is 11.3 Å². The highest BCUT2D eigenvalue weighted by Gasteiger charge is 2.13. The molecule has 0 aliphatic carbocycles. The van der Waals surface area contributed by atoms with Gasteiger partial charge in [0.1, 0.15) is 5.69 Å². The van der Waals surface area contributed by atoms with E-state index in [0.29, 0.717) is 27.6 Å². The molecule has 0 N–H and O–H groups in total. The lowest BCUT2D eigenvalue weighted by atomic mass is 10.2. The first kappa shape index (κ1) is 11.1. The Morgan fingerprint density at radius 1 is 1.31 bits per heavy atom. The van der Waals surface area contributed by atoms with Gasteiger partial charge in [0.25, 0.3) is 0 Å². The lowest BCUT2D eigenvalue weighted by molar-refractivity contribution is 0.111. The molecule has 0 unspecified atom stereocenters. The smallest absolute Gasteiger partial charge is 0.168 e. The van der Waals surface area contributed by atoms with Gasteiger partial charge in [0.15, 0.2) is 6.29 Å². The monoisotopic (exact) mass is 255 g/mol.